The van der Waals surface area contributed by atoms with E-state index in [9.17, 15) is 33.6 Å². The Hall–Kier alpha value is -5.06. The minimum Gasteiger partial charge on any atom is -0.461 e. The van der Waals surface area contributed by atoms with Gasteiger partial charge in [-0.1, -0.05) is 35.9 Å². The first kappa shape index (κ1) is 40.7. The first-order valence-corrected chi connectivity index (χ1v) is 18.9. The summed E-state index contributed by atoms with van der Waals surface area (Å²) in [4.78, 5) is 95.2. The zero-order chi connectivity index (χ0) is 38.5. The number of primary amides is 1. The zero-order valence-corrected chi connectivity index (χ0v) is 31.3. The van der Waals surface area contributed by atoms with Crippen LogP contribution in [0.3, 0.4) is 0 Å². The van der Waals surface area contributed by atoms with Crippen molar-refractivity contribution >= 4 is 58.0 Å². The largest absolute Gasteiger partial charge is 0.461 e. The van der Waals surface area contributed by atoms with Crippen molar-refractivity contribution in [3.05, 3.63) is 47.5 Å². The summed E-state index contributed by atoms with van der Waals surface area (Å²) in [5, 5.41) is 9.67. The fourth-order valence-electron chi connectivity index (χ4n) is 6.69. The second kappa shape index (κ2) is 19.7. The van der Waals surface area contributed by atoms with Crippen LogP contribution in [0.4, 0.5) is 9.93 Å². The molecule has 6 rings (SSSR count). The molecular formula is C36H50N8O8S. The summed E-state index contributed by atoms with van der Waals surface area (Å²) in [5.41, 5.74) is 6.14. The Balaban J connectivity index is 0.000000255. The van der Waals surface area contributed by atoms with E-state index in [-0.39, 0.29) is 36.6 Å². The van der Waals surface area contributed by atoms with Crippen molar-refractivity contribution in [2.24, 2.45) is 5.73 Å². The number of thiazole rings is 1. The average Bonchev–Trinajstić information content (AvgIpc) is 3.94. The topological polar surface area (TPSA) is 213 Å². The van der Waals surface area contributed by atoms with Crippen molar-refractivity contribution < 1.29 is 38.3 Å². The van der Waals surface area contributed by atoms with Gasteiger partial charge in [0.15, 0.2) is 5.13 Å². The van der Waals surface area contributed by atoms with Gasteiger partial charge in [-0.3, -0.25) is 29.3 Å². The third-order valence-electron chi connectivity index (χ3n) is 9.28. The Morgan fingerprint density at radius 2 is 1.53 bits per heavy atom. The van der Waals surface area contributed by atoms with Gasteiger partial charge in [0.1, 0.15) is 30.3 Å². The smallest absolute Gasteiger partial charge is 0.329 e. The lowest BCUT2D eigenvalue weighted by Gasteiger charge is -2.38. The number of aromatic nitrogens is 1. The Bertz CT molecular complexity index is 1590. The number of carbonyl (C=O) groups is 7. The molecule has 0 aliphatic carbocycles. The monoisotopic (exact) mass is 754 g/mol. The van der Waals surface area contributed by atoms with Gasteiger partial charge < -0.3 is 35.8 Å². The number of cyclic esters (lactones) is 1. The van der Waals surface area contributed by atoms with Gasteiger partial charge in [0.05, 0.1) is 13.0 Å². The summed E-state index contributed by atoms with van der Waals surface area (Å²) >= 11 is 1.29. The number of benzene rings is 1. The SMILES string of the molecule is CC1CC(=O)N2CCCC2C(=O)N2CCCCC2C(=O)NC(C)C(=O)N2CCCC2C(=O)O1.Cc1ccccc1.NC(=O)CNC(=O)Nc1nccs1. The van der Waals surface area contributed by atoms with E-state index in [0.29, 0.717) is 56.9 Å². The number of esters is 1. The molecule has 1 aromatic heterocycles. The van der Waals surface area contributed by atoms with Crippen LogP contribution in [0.25, 0.3) is 0 Å². The van der Waals surface area contributed by atoms with Gasteiger partial charge in [0.25, 0.3) is 0 Å². The molecule has 0 bridgehead atoms. The van der Waals surface area contributed by atoms with Crippen LogP contribution in [0.5, 0.6) is 0 Å². The standard InChI is InChI=1S/C23H34N4O6.C7H8.C6H8N4O2S/c1-14-13-19(28)25-11-5-8-17(25)22(31)26-10-4-3-7-16(26)20(29)24-15(2)21(30)27-12-6-9-18(27)23(32)33-14;1-7-5-3-2-4-6-7;7-4(11)3-9-5(12)10-6-8-1-2-13-6/h14-18H,3-13H2,1-2H3,(H,24,29);2-6H,1H3;1-2H,3H2,(H2,7,11)(H2,8,9,10,12). The molecule has 0 saturated carbocycles. The molecule has 5 N–H and O–H groups in total. The van der Waals surface area contributed by atoms with Crippen LogP contribution in [-0.4, -0.2) is 118 Å². The Labute approximate surface area is 313 Å². The number of nitrogens with two attached hydrogens (primary N) is 1. The molecule has 53 heavy (non-hydrogen) atoms. The Morgan fingerprint density at radius 3 is 2.17 bits per heavy atom. The van der Waals surface area contributed by atoms with Crippen molar-refractivity contribution in [3.8, 4) is 0 Å². The van der Waals surface area contributed by atoms with E-state index in [2.05, 4.69) is 40.0 Å². The molecule has 16 nitrogen and oxygen atoms in total. The van der Waals surface area contributed by atoms with Gasteiger partial charge in [-0.15, -0.1) is 11.3 Å². The van der Waals surface area contributed by atoms with E-state index < -0.39 is 48.2 Å². The first-order valence-electron chi connectivity index (χ1n) is 18.0. The number of rotatable bonds is 3. The van der Waals surface area contributed by atoms with Crippen LogP contribution in [0.15, 0.2) is 41.9 Å². The highest BCUT2D eigenvalue weighted by atomic mass is 32.1. The summed E-state index contributed by atoms with van der Waals surface area (Å²) in [7, 11) is 0. The number of hydrogen-bond acceptors (Lipinski definition) is 10. The predicted molar refractivity (Wildman–Crippen MR) is 196 cm³/mol. The first-order chi connectivity index (χ1) is 25.3. The molecule has 2 aromatic rings. The fraction of sp³-hybridized carbons (Fsp3) is 0.556. The number of amides is 7. The Kier molecular flexibility index (Phi) is 15.1. The molecule has 7 amide bonds. The number of anilines is 1. The quantitative estimate of drug-likeness (QED) is 0.337. The van der Waals surface area contributed by atoms with Crippen LogP contribution < -0.4 is 21.7 Å². The Morgan fingerprint density at radius 1 is 0.887 bits per heavy atom. The molecule has 4 aliphatic rings. The van der Waals surface area contributed by atoms with Crippen molar-refractivity contribution in [3.63, 3.8) is 0 Å². The second-order valence-corrected chi connectivity index (χ2v) is 14.3. The molecular weight excluding hydrogens is 705 g/mol. The third-order valence-corrected chi connectivity index (χ3v) is 9.97. The van der Waals surface area contributed by atoms with Crippen molar-refractivity contribution in [2.45, 2.75) is 102 Å². The average molecular weight is 755 g/mol. The lowest BCUT2D eigenvalue weighted by molar-refractivity contribution is -0.160. The van der Waals surface area contributed by atoms with Crippen molar-refractivity contribution in [1.29, 1.82) is 0 Å². The summed E-state index contributed by atoms with van der Waals surface area (Å²) < 4.78 is 5.54. The molecule has 0 spiro atoms. The number of aryl methyl sites for hydroxylation is 1. The summed E-state index contributed by atoms with van der Waals surface area (Å²) in [5.74, 6) is -2.26. The summed E-state index contributed by atoms with van der Waals surface area (Å²) in [6, 6.07) is 6.97. The number of carbonyl (C=O) groups excluding carboxylic acids is 7. The molecule has 4 aliphatic heterocycles. The highest BCUT2D eigenvalue weighted by molar-refractivity contribution is 7.13. The molecule has 4 saturated heterocycles. The fourth-order valence-corrected chi connectivity index (χ4v) is 7.21. The molecule has 5 atom stereocenters. The predicted octanol–water partition coefficient (Wildman–Crippen LogP) is 1.93. The number of hydrogen-bond donors (Lipinski definition) is 4. The van der Waals surface area contributed by atoms with E-state index in [4.69, 9.17) is 10.5 Å². The van der Waals surface area contributed by atoms with Crippen LogP contribution in [-0.2, 0) is 33.5 Å². The van der Waals surface area contributed by atoms with E-state index in [1.54, 1.807) is 35.2 Å². The van der Waals surface area contributed by atoms with Gasteiger partial charge in [0, 0.05) is 31.2 Å². The van der Waals surface area contributed by atoms with Crippen LogP contribution in [0.2, 0.25) is 0 Å². The molecule has 1 aromatic carbocycles. The maximum atomic E-state index is 13.5. The second-order valence-electron chi connectivity index (χ2n) is 13.4. The van der Waals surface area contributed by atoms with Gasteiger partial charge in [-0.25, -0.2) is 14.6 Å². The maximum Gasteiger partial charge on any atom is 0.329 e. The zero-order valence-electron chi connectivity index (χ0n) is 30.5. The molecule has 0 radical (unpaired) electrons. The highest BCUT2D eigenvalue weighted by Crippen LogP contribution is 2.27. The lowest BCUT2D eigenvalue weighted by atomic mass is 9.99. The van der Waals surface area contributed by atoms with E-state index in [0.717, 1.165) is 12.8 Å². The lowest BCUT2D eigenvalue weighted by Crippen LogP contribution is -2.59. The van der Waals surface area contributed by atoms with Crippen molar-refractivity contribution in [1.82, 2.24) is 30.3 Å². The van der Waals surface area contributed by atoms with Gasteiger partial charge in [-0.2, -0.15) is 0 Å². The molecule has 17 heteroatoms. The number of ether oxygens (including phenoxy) is 1. The molecule has 288 valence electrons. The molecule has 4 fully saturated rings. The van der Waals surface area contributed by atoms with E-state index in [1.807, 2.05) is 18.2 Å². The normalized spacial score (nSPS) is 24.9. The third kappa shape index (κ3) is 11.7. The van der Waals surface area contributed by atoms with Crippen LogP contribution >= 0.6 is 11.3 Å². The van der Waals surface area contributed by atoms with Crippen molar-refractivity contribution in [2.75, 3.05) is 31.5 Å². The van der Waals surface area contributed by atoms with Crippen LogP contribution in [0, 0.1) is 6.92 Å². The summed E-state index contributed by atoms with van der Waals surface area (Å²) in [6.45, 7) is 6.52. The number of nitrogens with zero attached hydrogens (tertiary/aromatic N) is 4. The minimum atomic E-state index is -0.820. The minimum absolute atomic E-state index is 0.0174. The molecule has 5 heterocycles. The highest BCUT2D eigenvalue weighted by Gasteiger charge is 2.43. The number of urea groups is 1. The number of nitrogens with one attached hydrogen (secondary N) is 3. The van der Waals surface area contributed by atoms with Gasteiger partial charge >= 0.3 is 12.0 Å². The summed E-state index contributed by atoms with van der Waals surface area (Å²) in [6.07, 6.45) is 5.44. The van der Waals surface area contributed by atoms with E-state index in [1.165, 1.54) is 21.8 Å². The maximum absolute atomic E-state index is 13.5. The van der Waals surface area contributed by atoms with Gasteiger partial charge in [-0.05, 0) is 65.7 Å². The molecule has 5 unspecified atom stereocenters. The number of fused-ring (bicyclic) bond motifs is 3. The van der Waals surface area contributed by atoms with Gasteiger partial charge in [0.2, 0.25) is 29.5 Å². The van der Waals surface area contributed by atoms with Crippen LogP contribution in [0.1, 0.15) is 70.8 Å². The van der Waals surface area contributed by atoms with E-state index >= 15 is 0 Å². The number of piperidine rings is 1.